The van der Waals surface area contributed by atoms with Gasteiger partial charge in [-0.05, 0) is 24.6 Å². The van der Waals surface area contributed by atoms with Crippen LogP contribution >= 0.6 is 0 Å². The van der Waals surface area contributed by atoms with Crippen molar-refractivity contribution in [2.24, 2.45) is 0 Å². The summed E-state index contributed by atoms with van der Waals surface area (Å²) in [5.74, 6) is -0.942. The second-order valence-corrected chi connectivity index (χ2v) is 7.06. The predicted molar refractivity (Wildman–Crippen MR) is 98.7 cm³/mol. The molecule has 0 spiro atoms. The maximum atomic E-state index is 12.9. The molecule has 1 fully saturated rings. The van der Waals surface area contributed by atoms with Crippen molar-refractivity contribution >= 4 is 17.7 Å². The van der Waals surface area contributed by atoms with Crippen LogP contribution in [0.5, 0.6) is 0 Å². The lowest BCUT2D eigenvalue weighted by molar-refractivity contribution is -0.136. The largest absolute Gasteiger partial charge is 0.322 e. The van der Waals surface area contributed by atoms with Crippen molar-refractivity contribution in [1.82, 2.24) is 35.0 Å². The number of rotatable bonds is 4. The van der Waals surface area contributed by atoms with Gasteiger partial charge in [-0.2, -0.15) is 5.10 Å². The van der Waals surface area contributed by atoms with Gasteiger partial charge in [0.2, 0.25) is 11.8 Å². The third kappa shape index (κ3) is 2.98. The summed E-state index contributed by atoms with van der Waals surface area (Å²) in [6, 6.07) is 6.59. The monoisotopic (exact) mass is 391 g/mol. The lowest BCUT2D eigenvalue weighted by Crippen LogP contribution is -2.52. The van der Waals surface area contributed by atoms with E-state index in [9.17, 15) is 14.4 Å². The zero-order chi connectivity index (χ0) is 20.0. The van der Waals surface area contributed by atoms with Crippen LogP contribution in [0.3, 0.4) is 0 Å². The summed E-state index contributed by atoms with van der Waals surface area (Å²) in [4.78, 5) is 38.1. The molecule has 0 saturated carbocycles. The van der Waals surface area contributed by atoms with Crippen molar-refractivity contribution in [3.63, 3.8) is 0 Å². The van der Waals surface area contributed by atoms with Crippen molar-refractivity contribution in [2.45, 2.75) is 32.0 Å². The van der Waals surface area contributed by atoms with Gasteiger partial charge in [-0.15, -0.1) is 5.10 Å². The first-order valence-electron chi connectivity index (χ1n) is 9.26. The molecule has 1 aromatic carbocycles. The first-order chi connectivity index (χ1) is 14.1. The van der Waals surface area contributed by atoms with Gasteiger partial charge >= 0.3 is 0 Å². The third-order valence-corrected chi connectivity index (χ3v) is 5.23. The summed E-state index contributed by atoms with van der Waals surface area (Å²) >= 11 is 0. The standard InChI is InChI=1S/C19H17N7O3/c27-17-6-5-16(18(28)21-17)25-11-14-13(19(25)29)3-1-4-15(14)26-10-12(22-23-26)9-24-8-2-7-20-24/h1-4,7-8,10,16H,5-6,9,11H2,(H,21,27,28). The molecule has 2 aromatic heterocycles. The highest BCUT2D eigenvalue weighted by Crippen LogP contribution is 2.31. The molecule has 1 unspecified atom stereocenters. The Kier molecular flexibility index (Phi) is 3.97. The van der Waals surface area contributed by atoms with E-state index in [1.54, 1.807) is 33.9 Å². The number of fused-ring (bicyclic) bond motifs is 1. The Morgan fingerprint density at radius 3 is 2.86 bits per heavy atom. The molecule has 146 valence electrons. The fourth-order valence-electron chi connectivity index (χ4n) is 3.83. The van der Waals surface area contributed by atoms with Gasteiger partial charge in [-0.1, -0.05) is 11.3 Å². The summed E-state index contributed by atoms with van der Waals surface area (Å²) < 4.78 is 3.39. The fourth-order valence-corrected chi connectivity index (χ4v) is 3.83. The zero-order valence-electron chi connectivity index (χ0n) is 15.4. The molecule has 1 N–H and O–H groups in total. The highest BCUT2D eigenvalue weighted by atomic mass is 16.2. The maximum Gasteiger partial charge on any atom is 0.255 e. The van der Waals surface area contributed by atoms with Crippen LogP contribution in [0, 0.1) is 0 Å². The third-order valence-electron chi connectivity index (χ3n) is 5.23. The molecule has 10 heteroatoms. The number of piperidine rings is 1. The number of benzene rings is 1. The summed E-state index contributed by atoms with van der Waals surface area (Å²) in [5, 5.41) is 14.9. The lowest BCUT2D eigenvalue weighted by atomic mass is 10.0. The molecule has 3 aromatic rings. The van der Waals surface area contributed by atoms with Gasteiger partial charge in [0.05, 0.1) is 18.4 Å². The van der Waals surface area contributed by atoms with E-state index in [1.165, 1.54) is 4.90 Å². The minimum absolute atomic E-state index is 0.215. The van der Waals surface area contributed by atoms with Crippen LogP contribution in [-0.4, -0.2) is 53.4 Å². The Bertz CT molecular complexity index is 1120. The van der Waals surface area contributed by atoms with Crippen molar-refractivity contribution in [3.05, 3.63) is 59.7 Å². The Labute approximate surface area is 165 Å². The zero-order valence-corrected chi connectivity index (χ0v) is 15.4. The minimum atomic E-state index is -0.647. The van der Waals surface area contributed by atoms with Crippen LogP contribution < -0.4 is 5.32 Å². The van der Waals surface area contributed by atoms with Crippen LogP contribution in [0.15, 0.2) is 42.9 Å². The van der Waals surface area contributed by atoms with Gasteiger partial charge < -0.3 is 4.90 Å². The number of aromatic nitrogens is 5. The van der Waals surface area contributed by atoms with Crippen LogP contribution in [0.25, 0.3) is 5.69 Å². The van der Waals surface area contributed by atoms with E-state index in [0.29, 0.717) is 18.5 Å². The van der Waals surface area contributed by atoms with E-state index >= 15 is 0 Å². The Balaban J connectivity index is 1.43. The number of nitrogens with one attached hydrogen (secondary N) is 1. The Hall–Kier alpha value is -3.82. The molecular formula is C19H17N7O3. The van der Waals surface area contributed by atoms with Gasteiger partial charge in [0.25, 0.3) is 5.91 Å². The van der Waals surface area contributed by atoms with Gasteiger partial charge in [-0.3, -0.25) is 24.4 Å². The highest BCUT2D eigenvalue weighted by Gasteiger charge is 2.40. The van der Waals surface area contributed by atoms with E-state index in [4.69, 9.17) is 0 Å². The molecule has 2 aliphatic rings. The minimum Gasteiger partial charge on any atom is -0.322 e. The lowest BCUT2D eigenvalue weighted by Gasteiger charge is -2.29. The van der Waals surface area contributed by atoms with Crippen LogP contribution in [0.1, 0.15) is 34.5 Å². The summed E-state index contributed by atoms with van der Waals surface area (Å²) in [6.07, 6.45) is 5.90. The number of nitrogens with zero attached hydrogens (tertiary/aromatic N) is 6. The summed E-state index contributed by atoms with van der Waals surface area (Å²) in [6.45, 7) is 0.772. The molecule has 4 heterocycles. The van der Waals surface area contributed by atoms with Crippen LogP contribution in [0.4, 0.5) is 0 Å². The van der Waals surface area contributed by atoms with E-state index < -0.39 is 11.9 Å². The topological polar surface area (TPSA) is 115 Å². The quantitative estimate of drug-likeness (QED) is 0.639. The number of carbonyl (C=O) groups is 3. The number of carbonyl (C=O) groups excluding carboxylic acids is 3. The molecule has 1 atom stereocenters. The van der Waals surface area contributed by atoms with Crippen molar-refractivity contribution in [2.75, 3.05) is 0 Å². The SMILES string of the molecule is O=C1CCC(N2Cc3c(cccc3-n3cc(Cn4cccn4)nn3)C2=O)C(=O)N1. The fraction of sp³-hybridized carbons (Fsp3) is 0.263. The van der Waals surface area contributed by atoms with E-state index in [1.807, 2.05) is 18.3 Å². The average Bonchev–Trinajstić information content (AvgIpc) is 3.44. The average molecular weight is 391 g/mol. The van der Waals surface area contributed by atoms with Gasteiger partial charge in [-0.25, -0.2) is 4.68 Å². The van der Waals surface area contributed by atoms with Crippen molar-refractivity contribution in [3.8, 4) is 5.69 Å². The molecule has 0 radical (unpaired) electrons. The smallest absolute Gasteiger partial charge is 0.255 e. The van der Waals surface area contributed by atoms with Gasteiger partial charge in [0.15, 0.2) is 0 Å². The molecule has 2 aliphatic heterocycles. The second kappa shape index (κ2) is 6.66. The molecule has 29 heavy (non-hydrogen) atoms. The predicted octanol–water partition coefficient (Wildman–Crippen LogP) is 0.273. The summed E-state index contributed by atoms with van der Waals surface area (Å²) in [7, 11) is 0. The first kappa shape index (κ1) is 17.3. The molecule has 0 bridgehead atoms. The van der Waals surface area contributed by atoms with E-state index in [0.717, 1.165) is 16.9 Å². The van der Waals surface area contributed by atoms with E-state index in [2.05, 4.69) is 20.7 Å². The normalized spacial score (nSPS) is 18.8. The number of hydrogen-bond acceptors (Lipinski definition) is 6. The Morgan fingerprint density at radius 1 is 1.17 bits per heavy atom. The van der Waals surface area contributed by atoms with Crippen LogP contribution in [0.2, 0.25) is 0 Å². The Morgan fingerprint density at radius 2 is 2.07 bits per heavy atom. The second-order valence-electron chi connectivity index (χ2n) is 7.06. The molecule has 1 saturated heterocycles. The highest BCUT2D eigenvalue weighted by molar-refractivity contribution is 6.05. The molecular weight excluding hydrogens is 374 g/mol. The molecule has 0 aliphatic carbocycles. The molecule has 3 amide bonds. The number of hydrogen-bond donors (Lipinski definition) is 1. The maximum absolute atomic E-state index is 12.9. The van der Waals surface area contributed by atoms with Gasteiger partial charge in [0.1, 0.15) is 11.7 Å². The molecule has 5 rings (SSSR count). The van der Waals surface area contributed by atoms with Crippen LogP contribution in [-0.2, 0) is 22.7 Å². The number of imide groups is 1. The number of amides is 3. The van der Waals surface area contributed by atoms with Gasteiger partial charge in [0, 0.05) is 36.5 Å². The molecule has 10 nitrogen and oxygen atoms in total. The summed E-state index contributed by atoms with van der Waals surface area (Å²) in [5.41, 5.74) is 2.80. The van der Waals surface area contributed by atoms with E-state index in [-0.39, 0.29) is 24.8 Å². The first-order valence-corrected chi connectivity index (χ1v) is 9.26. The van der Waals surface area contributed by atoms with Crippen molar-refractivity contribution in [1.29, 1.82) is 0 Å². The van der Waals surface area contributed by atoms with Crippen molar-refractivity contribution < 1.29 is 14.4 Å².